The fraction of sp³-hybridized carbons (Fsp3) is 0.526. The molecule has 1 fully saturated rings. The minimum absolute atomic E-state index is 0.131. The molecule has 8 nitrogen and oxygen atoms in total. The van der Waals surface area contributed by atoms with Gasteiger partial charge in [0.15, 0.2) is 0 Å². The van der Waals surface area contributed by atoms with E-state index in [9.17, 15) is 22.8 Å². The summed E-state index contributed by atoms with van der Waals surface area (Å²) in [6, 6.07) is 4.41. The minimum atomic E-state index is -3.22. The maximum absolute atomic E-state index is 12.6. The lowest BCUT2D eigenvalue weighted by molar-refractivity contribution is 0.0636. The average Bonchev–Trinajstić information content (AvgIpc) is 2.85. The third-order valence-electron chi connectivity index (χ3n) is 5.04. The van der Waals surface area contributed by atoms with Crippen molar-refractivity contribution < 1.29 is 22.8 Å². The molecule has 1 aromatic rings. The van der Waals surface area contributed by atoms with Crippen molar-refractivity contribution in [1.82, 2.24) is 14.5 Å². The summed E-state index contributed by atoms with van der Waals surface area (Å²) in [4.78, 5) is 38.8. The van der Waals surface area contributed by atoms with Crippen molar-refractivity contribution in [3.05, 3.63) is 34.9 Å². The van der Waals surface area contributed by atoms with Gasteiger partial charge in [-0.1, -0.05) is 13.8 Å². The van der Waals surface area contributed by atoms with E-state index < -0.39 is 10.0 Å². The number of piperidine rings is 1. The molecule has 28 heavy (non-hydrogen) atoms. The highest BCUT2D eigenvalue weighted by molar-refractivity contribution is 7.88. The van der Waals surface area contributed by atoms with Gasteiger partial charge in [0.25, 0.3) is 17.7 Å². The lowest BCUT2D eigenvalue weighted by atomic mass is 10.0. The van der Waals surface area contributed by atoms with E-state index in [-0.39, 0.29) is 35.2 Å². The van der Waals surface area contributed by atoms with Crippen LogP contribution in [0.2, 0.25) is 0 Å². The Balaban J connectivity index is 1.68. The molecule has 1 N–H and O–H groups in total. The van der Waals surface area contributed by atoms with Crippen molar-refractivity contribution in [1.29, 1.82) is 0 Å². The summed E-state index contributed by atoms with van der Waals surface area (Å²) in [5.41, 5.74) is 0.894. The number of fused-ring (bicyclic) bond motifs is 1. The first-order chi connectivity index (χ1) is 13.1. The van der Waals surface area contributed by atoms with Gasteiger partial charge in [0.2, 0.25) is 10.0 Å². The maximum Gasteiger partial charge on any atom is 0.261 e. The zero-order chi connectivity index (χ0) is 20.6. The smallest absolute Gasteiger partial charge is 0.261 e. The number of nitrogens with zero attached hydrogens (tertiary/aromatic N) is 2. The predicted octanol–water partition coefficient (Wildman–Crippen LogP) is 1.09. The Morgan fingerprint density at radius 1 is 1.14 bits per heavy atom. The summed E-state index contributed by atoms with van der Waals surface area (Å²) < 4.78 is 24.5. The molecule has 2 aliphatic heterocycles. The number of carbonyl (C=O) groups excluding carboxylic acids is 3. The van der Waals surface area contributed by atoms with E-state index in [1.165, 1.54) is 27.6 Å². The summed E-state index contributed by atoms with van der Waals surface area (Å²) >= 11 is 0. The van der Waals surface area contributed by atoms with Gasteiger partial charge < -0.3 is 5.32 Å². The fourth-order valence-corrected chi connectivity index (χ4v) is 4.44. The summed E-state index contributed by atoms with van der Waals surface area (Å²) in [6.45, 7) is 4.93. The topological polar surface area (TPSA) is 104 Å². The van der Waals surface area contributed by atoms with E-state index in [1.54, 1.807) is 6.07 Å². The second-order valence-corrected chi connectivity index (χ2v) is 9.77. The van der Waals surface area contributed by atoms with Crippen LogP contribution in [0.4, 0.5) is 0 Å². The van der Waals surface area contributed by atoms with Crippen molar-refractivity contribution >= 4 is 27.7 Å². The van der Waals surface area contributed by atoms with Gasteiger partial charge in [0.1, 0.15) is 0 Å². The second kappa shape index (κ2) is 7.63. The zero-order valence-electron chi connectivity index (χ0n) is 16.3. The first kappa shape index (κ1) is 20.5. The highest BCUT2D eigenvalue weighted by Gasteiger charge is 2.36. The standard InChI is InChI=1S/C19H25N3O5S/c1-12(2)11-22-18(24)15-5-4-13(10-16(15)19(22)25)17(23)20-14-6-8-21(9-7-14)28(3,26)27/h4-5,10,12,14H,6-9,11H2,1-3H3,(H,20,23). The van der Waals surface area contributed by atoms with Crippen LogP contribution in [0.3, 0.4) is 0 Å². The molecule has 0 atom stereocenters. The molecule has 2 heterocycles. The number of benzene rings is 1. The SMILES string of the molecule is CC(C)CN1C(=O)c2ccc(C(=O)NC3CCN(S(C)(=O)=O)CC3)cc2C1=O. The zero-order valence-corrected chi connectivity index (χ0v) is 17.1. The van der Waals surface area contributed by atoms with Crippen molar-refractivity contribution in [2.24, 2.45) is 5.92 Å². The van der Waals surface area contributed by atoms with Gasteiger partial charge in [-0.15, -0.1) is 0 Å². The Bertz CT molecular complexity index is 917. The predicted molar refractivity (Wildman–Crippen MR) is 104 cm³/mol. The Labute approximate surface area is 164 Å². The number of imide groups is 1. The summed E-state index contributed by atoms with van der Waals surface area (Å²) in [7, 11) is -3.22. The number of hydrogen-bond donors (Lipinski definition) is 1. The Kier molecular flexibility index (Phi) is 5.58. The first-order valence-corrected chi connectivity index (χ1v) is 11.2. The van der Waals surface area contributed by atoms with Crippen LogP contribution >= 0.6 is 0 Å². The molecule has 1 aromatic carbocycles. The molecule has 152 valence electrons. The summed E-state index contributed by atoms with van der Waals surface area (Å²) in [5, 5.41) is 2.90. The van der Waals surface area contributed by atoms with Gasteiger partial charge in [-0.3, -0.25) is 19.3 Å². The average molecular weight is 407 g/mol. The molecule has 2 aliphatic rings. The van der Waals surface area contributed by atoms with Crippen molar-refractivity contribution in [3.8, 4) is 0 Å². The van der Waals surface area contributed by atoms with Gasteiger partial charge in [-0.25, -0.2) is 12.7 Å². The van der Waals surface area contributed by atoms with Crippen LogP contribution in [-0.2, 0) is 10.0 Å². The summed E-state index contributed by atoms with van der Waals surface area (Å²) in [6.07, 6.45) is 2.24. The molecule has 1 saturated heterocycles. The number of rotatable bonds is 5. The van der Waals surface area contributed by atoms with Gasteiger partial charge >= 0.3 is 0 Å². The number of sulfonamides is 1. The van der Waals surface area contributed by atoms with Crippen LogP contribution < -0.4 is 5.32 Å². The Morgan fingerprint density at radius 2 is 1.75 bits per heavy atom. The van der Waals surface area contributed by atoms with Crippen LogP contribution in [0.1, 0.15) is 57.8 Å². The highest BCUT2D eigenvalue weighted by Crippen LogP contribution is 2.25. The van der Waals surface area contributed by atoms with E-state index in [1.807, 2.05) is 13.8 Å². The molecule has 3 rings (SSSR count). The van der Waals surface area contributed by atoms with Gasteiger partial charge in [0.05, 0.1) is 17.4 Å². The number of nitrogens with one attached hydrogen (secondary N) is 1. The third kappa shape index (κ3) is 4.10. The van der Waals surface area contributed by atoms with Gasteiger partial charge in [-0.05, 0) is 37.0 Å². The van der Waals surface area contributed by atoms with Crippen molar-refractivity contribution in [2.75, 3.05) is 25.9 Å². The van der Waals surface area contributed by atoms with Gasteiger partial charge in [0, 0.05) is 31.2 Å². The molecule has 9 heteroatoms. The Hall–Kier alpha value is -2.26. The lowest BCUT2D eigenvalue weighted by Crippen LogP contribution is -2.46. The molecule has 0 unspecified atom stereocenters. The van der Waals surface area contributed by atoms with E-state index in [0.717, 1.165) is 0 Å². The van der Waals surface area contributed by atoms with Crippen LogP contribution in [0.5, 0.6) is 0 Å². The monoisotopic (exact) mass is 407 g/mol. The van der Waals surface area contributed by atoms with E-state index in [0.29, 0.717) is 43.6 Å². The molecule has 0 spiro atoms. The van der Waals surface area contributed by atoms with Crippen molar-refractivity contribution in [3.63, 3.8) is 0 Å². The maximum atomic E-state index is 12.6. The number of amides is 3. The molecule has 0 aromatic heterocycles. The van der Waals surface area contributed by atoms with Crippen molar-refractivity contribution in [2.45, 2.75) is 32.7 Å². The third-order valence-corrected chi connectivity index (χ3v) is 6.34. The molecule has 0 radical (unpaired) electrons. The van der Waals surface area contributed by atoms with E-state index >= 15 is 0 Å². The molecular formula is C19H25N3O5S. The fourth-order valence-electron chi connectivity index (χ4n) is 3.56. The lowest BCUT2D eigenvalue weighted by Gasteiger charge is -2.30. The molecule has 0 saturated carbocycles. The second-order valence-electron chi connectivity index (χ2n) is 7.78. The van der Waals surface area contributed by atoms with E-state index in [2.05, 4.69) is 5.32 Å². The summed E-state index contributed by atoms with van der Waals surface area (Å²) in [5.74, 6) is -0.871. The normalized spacial score (nSPS) is 18.6. The number of carbonyl (C=O) groups is 3. The minimum Gasteiger partial charge on any atom is -0.349 e. The van der Waals surface area contributed by atoms with Crippen LogP contribution in [0.25, 0.3) is 0 Å². The van der Waals surface area contributed by atoms with Crippen LogP contribution in [0, 0.1) is 5.92 Å². The van der Waals surface area contributed by atoms with Crippen LogP contribution in [0.15, 0.2) is 18.2 Å². The molecule has 0 bridgehead atoms. The number of hydrogen-bond acceptors (Lipinski definition) is 5. The Morgan fingerprint density at radius 3 is 2.32 bits per heavy atom. The largest absolute Gasteiger partial charge is 0.349 e. The molecule has 3 amide bonds. The van der Waals surface area contributed by atoms with E-state index in [4.69, 9.17) is 0 Å². The van der Waals surface area contributed by atoms with Gasteiger partial charge in [-0.2, -0.15) is 0 Å². The highest BCUT2D eigenvalue weighted by atomic mass is 32.2. The van der Waals surface area contributed by atoms with Crippen LogP contribution in [-0.4, -0.2) is 67.3 Å². The molecular weight excluding hydrogens is 382 g/mol. The molecule has 0 aliphatic carbocycles. The quantitative estimate of drug-likeness (QED) is 0.736. The first-order valence-electron chi connectivity index (χ1n) is 9.34.